The van der Waals surface area contributed by atoms with Gasteiger partial charge in [-0.25, -0.2) is 0 Å². The number of rotatable bonds is 53. The molecule has 0 spiro atoms. The van der Waals surface area contributed by atoms with Crippen LogP contribution in [0.1, 0.15) is 277 Å². The van der Waals surface area contributed by atoms with Crippen LogP contribution in [0.25, 0.3) is 0 Å². The summed E-state index contributed by atoms with van der Waals surface area (Å²) in [5.41, 5.74) is 0. The molecule has 2 unspecified atom stereocenters. The Morgan fingerprint density at radius 2 is 0.773 bits per heavy atom. The summed E-state index contributed by atoms with van der Waals surface area (Å²) in [5, 5.41) is 11.8. The highest BCUT2D eigenvalue weighted by molar-refractivity contribution is 5.70. The number of ether oxygens (including phenoxy) is 4. The second kappa shape index (κ2) is 49.5. The third-order valence-electron chi connectivity index (χ3n) is 12.8. The minimum atomic E-state index is -1.62. The van der Waals surface area contributed by atoms with Crippen LogP contribution in [0.5, 0.6) is 0 Å². The summed E-state index contributed by atoms with van der Waals surface area (Å²) >= 11 is 0. The second-order valence-corrected chi connectivity index (χ2v) is 20.6. The number of esters is 2. The highest BCUT2D eigenvalue weighted by atomic mass is 16.7. The molecule has 0 aliphatic heterocycles. The summed E-state index contributed by atoms with van der Waals surface area (Å²) in [6.45, 7) is 4.80. The molecule has 0 aromatic heterocycles. The standard InChI is InChI=1S/C57H109NO8/c1-6-8-10-12-14-16-18-20-22-24-25-26-27-28-29-30-31-32-34-36-38-40-42-44-46-48-55(60)66-53(52-65-57(56(61)62)63-50-49-58(3,4)5)51-64-54(59)47-45-43-41-39-37-35-33-23-21-19-17-15-13-11-9-7-2/h24-25,53,57H,6-23,26-52H2,1-5H3/b25-24-. The average Bonchev–Trinajstić information content (AvgIpc) is 3.28. The van der Waals surface area contributed by atoms with E-state index in [-0.39, 0.29) is 32.2 Å². The molecule has 9 nitrogen and oxygen atoms in total. The van der Waals surface area contributed by atoms with Gasteiger partial charge >= 0.3 is 11.9 Å². The number of hydrogen-bond acceptors (Lipinski definition) is 8. The van der Waals surface area contributed by atoms with Crippen LogP contribution >= 0.6 is 0 Å². The summed E-state index contributed by atoms with van der Waals surface area (Å²) in [7, 11) is 5.93. The van der Waals surface area contributed by atoms with Gasteiger partial charge in [0.15, 0.2) is 12.4 Å². The van der Waals surface area contributed by atoms with Gasteiger partial charge < -0.3 is 33.3 Å². The minimum Gasteiger partial charge on any atom is -0.545 e. The van der Waals surface area contributed by atoms with E-state index in [1.54, 1.807) is 0 Å². The van der Waals surface area contributed by atoms with Crippen molar-refractivity contribution in [3.05, 3.63) is 12.2 Å². The highest BCUT2D eigenvalue weighted by Crippen LogP contribution is 2.17. The zero-order valence-electron chi connectivity index (χ0n) is 44.3. The first-order chi connectivity index (χ1) is 32.1. The average molecular weight is 936 g/mol. The zero-order valence-corrected chi connectivity index (χ0v) is 44.3. The molecule has 66 heavy (non-hydrogen) atoms. The van der Waals surface area contributed by atoms with E-state index >= 15 is 0 Å². The molecule has 0 aromatic carbocycles. The molecule has 390 valence electrons. The Morgan fingerprint density at radius 3 is 1.12 bits per heavy atom. The summed E-state index contributed by atoms with van der Waals surface area (Å²) in [5.74, 6) is -2.26. The van der Waals surface area contributed by atoms with Gasteiger partial charge in [-0.3, -0.25) is 9.59 Å². The fourth-order valence-corrected chi connectivity index (χ4v) is 8.36. The summed E-state index contributed by atoms with van der Waals surface area (Å²) in [6, 6.07) is 0. The quantitative estimate of drug-likeness (QED) is 0.0195. The zero-order chi connectivity index (χ0) is 48.4. The lowest BCUT2D eigenvalue weighted by Gasteiger charge is -2.26. The minimum absolute atomic E-state index is 0.152. The van der Waals surface area contributed by atoms with Gasteiger partial charge in [0, 0.05) is 12.8 Å². The fourth-order valence-electron chi connectivity index (χ4n) is 8.36. The first kappa shape index (κ1) is 64.0. The molecule has 0 aromatic rings. The molecular weight excluding hydrogens is 827 g/mol. The normalized spacial score (nSPS) is 12.8. The molecule has 0 saturated heterocycles. The first-order valence-corrected chi connectivity index (χ1v) is 28.3. The van der Waals surface area contributed by atoms with E-state index in [9.17, 15) is 19.5 Å². The number of carbonyl (C=O) groups excluding carboxylic acids is 3. The molecule has 0 rings (SSSR count). The lowest BCUT2D eigenvalue weighted by atomic mass is 10.0. The van der Waals surface area contributed by atoms with E-state index < -0.39 is 24.3 Å². The van der Waals surface area contributed by atoms with Crippen molar-refractivity contribution in [3.8, 4) is 0 Å². The molecule has 9 heteroatoms. The SMILES string of the molecule is CCCCCCCCCC/C=C\CCCCCCCCCCCCCCCC(=O)OC(COC(=O)CCCCCCCCCCCCCCCCCC)COC(OCC[N+](C)(C)C)C(=O)[O-]. The lowest BCUT2D eigenvalue weighted by Crippen LogP contribution is -2.44. The number of carbonyl (C=O) groups is 3. The summed E-state index contributed by atoms with van der Waals surface area (Å²) in [4.78, 5) is 37.2. The Hall–Kier alpha value is -1.97. The van der Waals surface area contributed by atoms with E-state index in [1.165, 1.54) is 212 Å². The monoisotopic (exact) mass is 936 g/mol. The number of carboxylic acids is 1. The van der Waals surface area contributed by atoms with E-state index in [4.69, 9.17) is 18.9 Å². The van der Waals surface area contributed by atoms with Gasteiger partial charge in [-0.1, -0.05) is 238 Å². The number of allylic oxidation sites excluding steroid dienone is 2. The number of unbranched alkanes of at least 4 members (excludes halogenated alkanes) is 36. The Morgan fingerprint density at radius 1 is 0.439 bits per heavy atom. The Labute approximate surface area is 408 Å². The first-order valence-electron chi connectivity index (χ1n) is 28.3. The van der Waals surface area contributed by atoms with Crippen molar-refractivity contribution in [1.29, 1.82) is 0 Å². The molecule has 0 aliphatic carbocycles. The van der Waals surface area contributed by atoms with Crippen LogP contribution in [0.2, 0.25) is 0 Å². The number of likely N-dealkylation sites (N-methyl/N-ethyl adjacent to an activating group) is 1. The van der Waals surface area contributed by atoms with E-state index in [1.807, 2.05) is 21.1 Å². The van der Waals surface area contributed by atoms with Gasteiger partial charge in [0.25, 0.3) is 0 Å². The van der Waals surface area contributed by atoms with Gasteiger partial charge in [0.2, 0.25) is 0 Å². The number of aliphatic carboxylic acids is 1. The topological polar surface area (TPSA) is 111 Å². The van der Waals surface area contributed by atoms with Crippen LogP contribution in [-0.4, -0.2) is 82.3 Å². The molecule has 0 radical (unpaired) electrons. The molecular formula is C57H109NO8. The van der Waals surface area contributed by atoms with Gasteiger partial charge in [0.1, 0.15) is 13.2 Å². The van der Waals surface area contributed by atoms with Crippen LogP contribution in [0.4, 0.5) is 0 Å². The van der Waals surface area contributed by atoms with Gasteiger partial charge in [-0.15, -0.1) is 0 Å². The van der Waals surface area contributed by atoms with E-state index in [2.05, 4.69) is 26.0 Å². The lowest BCUT2D eigenvalue weighted by molar-refractivity contribution is -0.870. The van der Waals surface area contributed by atoms with Crippen molar-refractivity contribution in [2.45, 2.75) is 289 Å². The van der Waals surface area contributed by atoms with Crippen molar-refractivity contribution in [2.75, 3.05) is 47.5 Å². The van der Waals surface area contributed by atoms with Crippen LogP contribution < -0.4 is 5.11 Å². The van der Waals surface area contributed by atoms with Gasteiger partial charge in [-0.2, -0.15) is 0 Å². The molecule has 0 bridgehead atoms. The fraction of sp³-hybridized carbons (Fsp3) is 0.912. The van der Waals surface area contributed by atoms with Crippen molar-refractivity contribution >= 4 is 17.9 Å². The third kappa shape index (κ3) is 49.9. The summed E-state index contributed by atoms with van der Waals surface area (Å²) < 4.78 is 22.7. The third-order valence-corrected chi connectivity index (χ3v) is 12.8. The Balaban J connectivity index is 4.20. The molecule has 0 N–H and O–H groups in total. The van der Waals surface area contributed by atoms with Crippen molar-refractivity contribution in [2.24, 2.45) is 0 Å². The molecule has 0 aliphatic rings. The molecule has 0 fully saturated rings. The second-order valence-electron chi connectivity index (χ2n) is 20.6. The maximum atomic E-state index is 12.8. The van der Waals surface area contributed by atoms with Crippen molar-refractivity contribution in [3.63, 3.8) is 0 Å². The molecule has 2 atom stereocenters. The van der Waals surface area contributed by atoms with E-state index in [0.29, 0.717) is 17.4 Å². The predicted octanol–water partition coefficient (Wildman–Crippen LogP) is 14.8. The number of quaternary nitrogens is 1. The van der Waals surface area contributed by atoms with Crippen LogP contribution in [0.15, 0.2) is 12.2 Å². The maximum Gasteiger partial charge on any atom is 0.306 e. The van der Waals surface area contributed by atoms with Crippen molar-refractivity contribution in [1.82, 2.24) is 0 Å². The van der Waals surface area contributed by atoms with Gasteiger partial charge in [-0.05, 0) is 38.5 Å². The number of nitrogens with zero attached hydrogens (tertiary/aromatic N) is 1. The van der Waals surface area contributed by atoms with Crippen LogP contribution in [0, 0.1) is 0 Å². The number of carboxylic acid groups (broad SMARTS) is 1. The summed E-state index contributed by atoms with van der Waals surface area (Å²) in [6.07, 6.45) is 52.5. The largest absolute Gasteiger partial charge is 0.545 e. The smallest absolute Gasteiger partial charge is 0.306 e. The molecule has 0 heterocycles. The number of hydrogen-bond donors (Lipinski definition) is 0. The predicted molar refractivity (Wildman–Crippen MR) is 274 cm³/mol. The molecule has 0 amide bonds. The van der Waals surface area contributed by atoms with Crippen molar-refractivity contribution < 1.29 is 42.9 Å². The molecule has 0 saturated carbocycles. The Kier molecular flexibility index (Phi) is 48.0. The Bertz CT molecular complexity index is 1090. The van der Waals surface area contributed by atoms with Crippen LogP contribution in [-0.2, 0) is 33.3 Å². The van der Waals surface area contributed by atoms with Crippen LogP contribution in [0.3, 0.4) is 0 Å². The van der Waals surface area contributed by atoms with E-state index in [0.717, 1.165) is 38.5 Å². The highest BCUT2D eigenvalue weighted by Gasteiger charge is 2.22. The van der Waals surface area contributed by atoms with Gasteiger partial charge in [0.05, 0.1) is 40.3 Å². The maximum absolute atomic E-state index is 12.8.